The van der Waals surface area contributed by atoms with Crippen molar-refractivity contribution in [1.82, 2.24) is 4.98 Å². The predicted octanol–water partition coefficient (Wildman–Crippen LogP) is 4.61. The van der Waals surface area contributed by atoms with Gasteiger partial charge in [0.15, 0.2) is 0 Å². The molecular formula is C17H19F5N2O2. The van der Waals surface area contributed by atoms with E-state index >= 15 is 0 Å². The van der Waals surface area contributed by atoms with Gasteiger partial charge in [-0.1, -0.05) is 0 Å². The first-order valence-electron chi connectivity index (χ1n) is 8.49. The molecule has 1 saturated carbocycles. The summed E-state index contributed by atoms with van der Waals surface area (Å²) in [4.78, 5) is 17.2. The highest BCUT2D eigenvalue weighted by Gasteiger charge is 2.44. The first kappa shape index (κ1) is 18.8. The molecule has 0 radical (unpaired) electrons. The highest BCUT2D eigenvalue weighted by molar-refractivity contribution is 5.95. The summed E-state index contributed by atoms with van der Waals surface area (Å²) in [6, 6.07) is 0. The molecule has 0 amide bonds. The maximum atomic E-state index is 13.6. The first-order valence-corrected chi connectivity index (χ1v) is 8.49. The smallest absolute Gasteiger partial charge is 0.418 e. The fourth-order valence-corrected chi connectivity index (χ4v) is 3.48. The van der Waals surface area contributed by atoms with Gasteiger partial charge >= 0.3 is 12.1 Å². The summed E-state index contributed by atoms with van der Waals surface area (Å²) in [6.07, 6.45) is -4.30. The van der Waals surface area contributed by atoms with Crippen molar-refractivity contribution in [2.45, 2.75) is 57.0 Å². The molecule has 0 atom stereocenters. The number of hydrogen-bond acceptors (Lipinski definition) is 3. The molecule has 1 aromatic rings. The van der Waals surface area contributed by atoms with E-state index in [0.29, 0.717) is 12.8 Å². The summed E-state index contributed by atoms with van der Waals surface area (Å²) in [5, 5.41) is 9.50. The second-order valence-corrected chi connectivity index (χ2v) is 6.97. The average Bonchev–Trinajstić information content (AvgIpc) is 3.32. The van der Waals surface area contributed by atoms with Crippen molar-refractivity contribution in [2.24, 2.45) is 0 Å². The number of alkyl halides is 5. The standard InChI is InChI=1S/C17H19F5N2O2/c1-9-11(15(25)26)14(24-7-2-5-16(18,19)6-8-24)23-13(10-3-4-10)12(9)17(20,21)22/h10H,2-8H2,1H3,(H,25,26). The van der Waals surface area contributed by atoms with Gasteiger partial charge in [0, 0.05) is 31.8 Å². The number of aromatic nitrogens is 1. The summed E-state index contributed by atoms with van der Waals surface area (Å²) in [6.45, 7) is 1.11. The van der Waals surface area contributed by atoms with E-state index in [1.165, 1.54) is 4.90 Å². The van der Waals surface area contributed by atoms with Gasteiger partial charge in [0.1, 0.15) is 11.4 Å². The molecule has 26 heavy (non-hydrogen) atoms. The third kappa shape index (κ3) is 3.61. The number of aromatic carboxylic acids is 1. The van der Waals surface area contributed by atoms with E-state index in [9.17, 15) is 31.9 Å². The van der Waals surface area contributed by atoms with E-state index < -0.39 is 41.2 Å². The van der Waals surface area contributed by atoms with Crippen molar-refractivity contribution in [1.29, 1.82) is 0 Å². The molecule has 2 heterocycles. The van der Waals surface area contributed by atoms with Gasteiger partial charge in [0.2, 0.25) is 5.92 Å². The van der Waals surface area contributed by atoms with Crippen LogP contribution in [0.15, 0.2) is 0 Å². The van der Waals surface area contributed by atoms with E-state index in [-0.39, 0.29) is 43.4 Å². The Labute approximate surface area is 147 Å². The highest BCUT2D eigenvalue weighted by Crippen LogP contribution is 2.48. The Morgan fingerprint density at radius 3 is 2.42 bits per heavy atom. The lowest BCUT2D eigenvalue weighted by Crippen LogP contribution is -2.30. The molecule has 9 heteroatoms. The van der Waals surface area contributed by atoms with Crippen molar-refractivity contribution in [3.8, 4) is 0 Å². The number of hydrogen-bond donors (Lipinski definition) is 1. The van der Waals surface area contributed by atoms with Crippen LogP contribution >= 0.6 is 0 Å². The van der Waals surface area contributed by atoms with E-state index in [2.05, 4.69) is 4.98 Å². The first-order chi connectivity index (χ1) is 12.0. The molecule has 1 N–H and O–H groups in total. The van der Waals surface area contributed by atoms with E-state index in [0.717, 1.165) is 6.92 Å². The Hall–Kier alpha value is -1.93. The SMILES string of the molecule is Cc1c(C(=O)O)c(N2CCCC(F)(F)CC2)nc(C2CC2)c1C(F)(F)F. The topological polar surface area (TPSA) is 53.4 Å². The molecule has 1 aliphatic carbocycles. The molecule has 2 aliphatic rings. The molecule has 0 aromatic carbocycles. The normalized spacial score (nSPS) is 20.8. The van der Waals surface area contributed by atoms with Crippen molar-refractivity contribution in [2.75, 3.05) is 18.0 Å². The van der Waals surface area contributed by atoms with Crippen LogP contribution in [0.1, 0.15) is 65.2 Å². The molecule has 0 unspecified atom stereocenters. The van der Waals surface area contributed by atoms with Gasteiger partial charge in [-0.15, -0.1) is 0 Å². The van der Waals surface area contributed by atoms with Crippen molar-refractivity contribution < 1.29 is 31.9 Å². The number of pyridine rings is 1. The quantitative estimate of drug-likeness (QED) is 0.781. The average molecular weight is 378 g/mol. The third-order valence-corrected chi connectivity index (χ3v) is 4.94. The van der Waals surface area contributed by atoms with Crippen LogP contribution in [0.25, 0.3) is 0 Å². The van der Waals surface area contributed by atoms with Gasteiger partial charge in [-0.05, 0) is 31.7 Å². The summed E-state index contributed by atoms with van der Waals surface area (Å²) in [7, 11) is 0. The van der Waals surface area contributed by atoms with Crippen LogP contribution in [-0.2, 0) is 6.18 Å². The minimum absolute atomic E-state index is 0.118. The third-order valence-electron chi connectivity index (χ3n) is 4.94. The molecule has 0 bridgehead atoms. The Morgan fingerprint density at radius 2 is 1.88 bits per heavy atom. The van der Waals surface area contributed by atoms with Crippen LogP contribution in [0.3, 0.4) is 0 Å². The molecule has 1 saturated heterocycles. The molecular weight excluding hydrogens is 359 g/mol. The van der Waals surface area contributed by atoms with E-state index in [1.807, 2.05) is 0 Å². The van der Waals surface area contributed by atoms with Gasteiger partial charge in [-0.3, -0.25) is 0 Å². The van der Waals surface area contributed by atoms with Crippen molar-refractivity contribution >= 4 is 11.8 Å². The number of carbonyl (C=O) groups is 1. The summed E-state index contributed by atoms with van der Waals surface area (Å²) in [5.74, 6) is -4.88. The molecule has 0 spiro atoms. The number of rotatable bonds is 3. The second kappa shape index (κ2) is 6.35. The monoisotopic (exact) mass is 378 g/mol. The fraction of sp³-hybridized carbons (Fsp3) is 0.647. The minimum atomic E-state index is -4.72. The minimum Gasteiger partial charge on any atom is -0.478 e. The summed E-state index contributed by atoms with van der Waals surface area (Å²) in [5.41, 5.74) is -2.10. The van der Waals surface area contributed by atoms with Crippen LogP contribution in [0.5, 0.6) is 0 Å². The van der Waals surface area contributed by atoms with Crippen LogP contribution in [0.2, 0.25) is 0 Å². The van der Waals surface area contributed by atoms with Crippen LogP contribution in [0.4, 0.5) is 27.8 Å². The van der Waals surface area contributed by atoms with Gasteiger partial charge in [-0.25, -0.2) is 18.6 Å². The summed E-state index contributed by atoms with van der Waals surface area (Å²) >= 11 is 0. The number of nitrogens with zero attached hydrogens (tertiary/aromatic N) is 2. The van der Waals surface area contributed by atoms with Crippen molar-refractivity contribution in [3.05, 3.63) is 22.4 Å². The molecule has 2 fully saturated rings. The fourth-order valence-electron chi connectivity index (χ4n) is 3.48. The predicted molar refractivity (Wildman–Crippen MR) is 83.9 cm³/mol. The second-order valence-electron chi connectivity index (χ2n) is 6.97. The lowest BCUT2D eigenvalue weighted by Gasteiger charge is -2.27. The van der Waals surface area contributed by atoms with Gasteiger partial charge in [0.25, 0.3) is 0 Å². The molecule has 144 valence electrons. The zero-order valence-corrected chi connectivity index (χ0v) is 14.2. The number of carboxylic acids is 1. The maximum absolute atomic E-state index is 13.6. The lowest BCUT2D eigenvalue weighted by molar-refractivity contribution is -0.139. The number of anilines is 1. The van der Waals surface area contributed by atoms with Crippen molar-refractivity contribution in [3.63, 3.8) is 0 Å². The zero-order valence-electron chi connectivity index (χ0n) is 14.2. The molecule has 4 nitrogen and oxygen atoms in total. The van der Waals surface area contributed by atoms with Gasteiger partial charge in [0.05, 0.1) is 11.3 Å². The van der Waals surface area contributed by atoms with Crippen LogP contribution in [0, 0.1) is 6.92 Å². The Balaban J connectivity index is 2.14. The lowest BCUT2D eigenvalue weighted by atomic mass is 9.98. The molecule has 3 rings (SSSR count). The van der Waals surface area contributed by atoms with E-state index in [1.54, 1.807) is 0 Å². The van der Waals surface area contributed by atoms with Gasteiger partial charge < -0.3 is 10.0 Å². The Kier molecular flexibility index (Phi) is 4.60. The number of carboxylic acid groups (broad SMARTS) is 1. The van der Waals surface area contributed by atoms with Crippen LogP contribution < -0.4 is 4.90 Å². The maximum Gasteiger partial charge on any atom is 0.418 e. The molecule has 1 aliphatic heterocycles. The van der Waals surface area contributed by atoms with Crippen LogP contribution in [-0.4, -0.2) is 35.1 Å². The molecule has 1 aromatic heterocycles. The Bertz CT molecular complexity index is 729. The van der Waals surface area contributed by atoms with Gasteiger partial charge in [-0.2, -0.15) is 13.2 Å². The Morgan fingerprint density at radius 1 is 1.23 bits per heavy atom. The largest absolute Gasteiger partial charge is 0.478 e. The zero-order chi connectivity index (χ0) is 19.3. The van der Waals surface area contributed by atoms with E-state index in [4.69, 9.17) is 0 Å². The highest BCUT2D eigenvalue weighted by atomic mass is 19.4. The number of halogens is 5. The summed E-state index contributed by atoms with van der Waals surface area (Å²) < 4.78 is 67.8.